The van der Waals surface area contributed by atoms with Gasteiger partial charge in [-0.3, -0.25) is 9.98 Å². The first-order valence-electron chi connectivity index (χ1n) is 6.11. The van der Waals surface area contributed by atoms with Crippen LogP contribution in [0.3, 0.4) is 0 Å². The summed E-state index contributed by atoms with van der Waals surface area (Å²) in [5.41, 5.74) is -0.669. The predicted molar refractivity (Wildman–Crippen MR) is 75.5 cm³/mol. The van der Waals surface area contributed by atoms with Crippen LogP contribution in [-0.4, -0.2) is 23.6 Å². The molecule has 20 heavy (non-hydrogen) atoms. The second-order valence-corrected chi connectivity index (χ2v) is 5.60. The molecule has 2 nitrogen and oxygen atoms in total. The summed E-state index contributed by atoms with van der Waals surface area (Å²) in [4.78, 5) is 8.87. The van der Waals surface area contributed by atoms with Crippen molar-refractivity contribution in [2.75, 3.05) is 12.3 Å². The largest absolute Gasteiger partial charge is 0.416 e. The summed E-state index contributed by atoms with van der Waals surface area (Å²) in [6.45, 7) is 0.728. The number of thioether (sulfide) groups is 1. The van der Waals surface area contributed by atoms with Crippen molar-refractivity contribution < 1.29 is 13.2 Å². The maximum absolute atomic E-state index is 12.6. The van der Waals surface area contributed by atoms with Crippen LogP contribution in [0.2, 0.25) is 0 Å². The third-order valence-electron chi connectivity index (χ3n) is 3.27. The fourth-order valence-electron chi connectivity index (χ4n) is 2.29. The summed E-state index contributed by atoms with van der Waals surface area (Å²) >= 11 is 1.61. The van der Waals surface area contributed by atoms with Crippen LogP contribution in [0.15, 0.2) is 46.4 Å². The number of benzene rings is 1. The maximum atomic E-state index is 12.6. The zero-order valence-corrected chi connectivity index (χ0v) is 11.2. The molecule has 2 aliphatic rings. The Hall–Kier alpha value is -1.56. The standard InChI is InChI=1S/C14H11F3N2S/c15-14(16,17)11-4-2-10(3-5-11)13(6-1-7-19-13)12-18-8-9-20-12/h1-7H,8-9H2. The van der Waals surface area contributed by atoms with Crippen LogP contribution < -0.4 is 0 Å². The molecular weight excluding hydrogens is 285 g/mol. The number of hydrogen-bond acceptors (Lipinski definition) is 3. The lowest BCUT2D eigenvalue weighted by Gasteiger charge is -2.25. The minimum atomic E-state index is -4.32. The van der Waals surface area contributed by atoms with E-state index in [1.165, 1.54) is 12.1 Å². The smallest absolute Gasteiger partial charge is 0.279 e. The van der Waals surface area contributed by atoms with Crippen LogP contribution in [-0.2, 0) is 11.7 Å². The van der Waals surface area contributed by atoms with Crippen LogP contribution in [0.5, 0.6) is 0 Å². The molecule has 2 heterocycles. The van der Waals surface area contributed by atoms with Crippen molar-refractivity contribution in [1.82, 2.24) is 0 Å². The fourth-order valence-corrected chi connectivity index (χ4v) is 3.30. The third-order valence-corrected chi connectivity index (χ3v) is 4.37. The number of nitrogens with zero attached hydrogens (tertiary/aromatic N) is 2. The lowest BCUT2D eigenvalue weighted by atomic mass is 9.91. The molecule has 6 heteroatoms. The molecule has 0 fully saturated rings. The average molecular weight is 296 g/mol. The van der Waals surface area contributed by atoms with Crippen LogP contribution in [0, 0.1) is 0 Å². The number of allylic oxidation sites excluding steroid dienone is 1. The Labute approximate surface area is 118 Å². The van der Waals surface area contributed by atoms with E-state index in [0.717, 1.165) is 29.5 Å². The molecule has 3 rings (SSSR count). The lowest BCUT2D eigenvalue weighted by Crippen LogP contribution is -2.27. The number of alkyl halides is 3. The van der Waals surface area contributed by atoms with Gasteiger partial charge in [0.25, 0.3) is 0 Å². The summed E-state index contributed by atoms with van der Waals surface area (Å²) < 4.78 is 37.9. The molecule has 104 valence electrons. The van der Waals surface area contributed by atoms with Gasteiger partial charge < -0.3 is 0 Å². The van der Waals surface area contributed by atoms with Gasteiger partial charge in [0.2, 0.25) is 0 Å². The first-order valence-corrected chi connectivity index (χ1v) is 7.09. The molecule has 0 bridgehead atoms. The van der Waals surface area contributed by atoms with Crippen LogP contribution >= 0.6 is 11.8 Å². The van der Waals surface area contributed by atoms with E-state index in [2.05, 4.69) is 9.98 Å². The number of halogens is 3. The molecule has 2 aliphatic heterocycles. The second-order valence-electron chi connectivity index (χ2n) is 4.51. The molecule has 0 spiro atoms. The van der Waals surface area contributed by atoms with Crippen molar-refractivity contribution in [2.24, 2.45) is 9.98 Å². The SMILES string of the molecule is FC(F)(F)c1ccc(C2(C3=NCCS3)C=CC=N2)cc1. The van der Waals surface area contributed by atoms with Gasteiger partial charge in [0, 0.05) is 18.5 Å². The van der Waals surface area contributed by atoms with Crippen LogP contribution in [0.25, 0.3) is 0 Å². The van der Waals surface area contributed by atoms with Crippen molar-refractivity contribution in [2.45, 2.75) is 11.7 Å². The van der Waals surface area contributed by atoms with E-state index in [4.69, 9.17) is 0 Å². The average Bonchev–Trinajstić information content (AvgIpc) is 3.10. The molecule has 0 amide bonds. The number of hydrogen-bond donors (Lipinski definition) is 0. The Morgan fingerprint density at radius 3 is 2.40 bits per heavy atom. The van der Waals surface area contributed by atoms with E-state index >= 15 is 0 Å². The summed E-state index contributed by atoms with van der Waals surface area (Å²) in [7, 11) is 0. The van der Waals surface area contributed by atoms with Crippen molar-refractivity contribution in [3.05, 3.63) is 47.5 Å². The van der Waals surface area contributed by atoms with E-state index in [-0.39, 0.29) is 0 Å². The van der Waals surface area contributed by atoms with E-state index in [1.54, 1.807) is 24.1 Å². The molecule has 1 aromatic rings. The quantitative estimate of drug-likeness (QED) is 0.817. The Kier molecular flexibility index (Phi) is 3.20. The van der Waals surface area contributed by atoms with Gasteiger partial charge in [-0.05, 0) is 29.8 Å². The van der Waals surface area contributed by atoms with Gasteiger partial charge in [-0.1, -0.05) is 12.1 Å². The van der Waals surface area contributed by atoms with Gasteiger partial charge in [0.15, 0.2) is 5.54 Å². The highest BCUT2D eigenvalue weighted by Gasteiger charge is 2.39. The minimum absolute atomic E-state index is 0.650. The van der Waals surface area contributed by atoms with Crippen molar-refractivity contribution in [1.29, 1.82) is 0 Å². The Balaban J connectivity index is 2.01. The van der Waals surface area contributed by atoms with Crippen LogP contribution in [0.4, 0.5) is 13.2 Å². The molecule has 1 aromatic carbocycles. The topological polar surface area (TPSA) is 24.7 Å². The van der Waals surface area contributed by atoms with Crippen molar-refractivity contribution in [3.8, 4) is 0 Å². The highest BCUT2D eigenvalue weighted by Crippen LogP contribution is 2.39. The van der Waals surface area contributed by atoms with Gasteiger partial charge >= 0.3 is 6.18 Å². The second kappa shape index (κ2) is 4.77. The van der Waals surface area contributed by atoms with Gasteiger partial charge in [-0.15, -0.1) is 11.8 Å². The molecule has 0 radical (unpaired) electrons. The normalized spacial score (nSPS) is 25.2. The van der Waals surface area contributed by atoms with Gasteiger partial charge in [0.1, 0.15) is 5.04 Å². The van der Waals surface area contributed by atoms with E-state index in [0.29, 0.717) is 5.56 Å². The Morgan fingerprint density at radius 2 is 1.90 bits per heavy atom. The highest BCUT2D eigenvalue weighted by atomic mass is 32.2. The Bertz CT molecular complexity index is 588. The molecule has 1 unspecified atom stereocenters. The zero-order valence-electron chi connectivity index (χ0n) is 10.4. The zero-order chi connectivity index (χ0) is 14.2. The minimum Gasteiger partial charge on any atom is -0.279 e. The summed E-state index contributed by atoms with van der Waals surface area (Å²) in [6.07, 6.45) is 1.03. The van der Waals surface area contributed by atoms with Gasteiger partial charge in [0.05, 0.1) is 5.56 Å². The van der Waals surface area contributed by atoms with Crippen molar-refractivity contribution in [3.63, 3.8) is 0 Å². The third kappa shape index (κ3) is 2.18. The molecule has 0 aliphatic carbocycles. The first-order chi connectivity index (χ1) is 9.52. The van der Waals surface area contributed by atoms with Crippen LogP contribution in [0.1, 0.15) is 11.1 Å². The lowest BCUT2D eigenvalue weighted by molar-refractivity contribution is -0.137. The highest BCUT2D eigenvalue weighted by molar-refractivity contribution is 8.14. The van der Waals surface area contributed by atoms with Gasteiger partial charge in [-0.2, -0.15) is 13.2 Å². The Morgan fingerprint density at radius 1 is 1.15 bits per heavy atom. The van der Waals surface area contributed by atoms with E-state index < -0.39 is 17.3 Å². The van der Waals surface area contributed by atoms with Crippen molar-refractivity contribution >= 4 is 23.0 Å². The molecule has 0 N–H and O–H groups in total. The van der Waals surface area contributed by atoms with E-state index in [9.17, 15) is 13.2 Å². The van der Waals surface area contributed by atoms with Gasteiger partial charge in [-0.25, -0.2) is 0 Å². The molecule has 0 saturated heterocycles. The molecule has 0 saturated carbocycles. The first kappa shape index (κ1) is 13.4. The maximum Gasteiger partial charge on any atom is 0.416 e. The predicted octanol–water partition coefficient (Wildman–Crippen LogP) is 3.69. The van der Waals surface area contributed by atoms with E-state index in [1.807, 2.05) is 6.08 Å². The fraction of sp³-hybridized carbons (Fsp3) is 0.286. The molecular formula is C14H11F3N2S. The monoisotopic (exact) mass is 296 g/mol. The summed E-state index contributed by atoms with van der Waals surface area (Å²) in [5.74, 6) is 0.890. The number of rotatable bonds is 2. The molecule has 0 aromatic heterocycles. The summed E-state index contributed by atoms with van der Waals surface area (Å²) in [6, 6.07) is 5.16. The molecule has 1 atom stereocenters. The number of aliphatic imine (C=N–C) groups is 2. The summed E-state index contributed by atoms with van der Waals surface area (Å²) in [5, 5.41) is 0.849.